The summed E-state index contributed by atoms with van der Waals surface area (Å²) < 4.78 is 0. The van der Waals surface area contributed by atoms with Gasteiger partial charge in [-0.15, -0.1) is 11.3 Å². The van der Waals surface area contributed by atoms with Crippen LogP contribution in [0.4, 0.5) is 5.69 Å². The number of thiophene rings is 1. The van der Waals surface area contributed by atoms with Crippen molar-refractivity contribution in [3.63, 3.8) is 0 Å². The van der Waals surface area contributed by atoms with E-state index in [2.05, 4.69) is 0 Å². The van der Waals surface area contributed by atoms with Crippen LogP contribution in [0.1, 0.15) is 16.6 Å². The summed E-state index contributed by atoms with van der Waals surface area (Å²) in [6.45, 7) is 2.15. The van der Waals surface area contributed by atoms with Gasteiger partial charge in [0.1, 0.15) is 0 Å². The zero-order valence-corrected chi connectivity index (χ0v) is 7.91. The van der Waals surface area contributed by atoms with E-state index >= 15 is 0 Å². The smallest absolute Gasteiger partial charge is 0.238 e. The summed E-state index contributed by atoms with van der Waals surface area (Å²) >= 11 is 1.27. The van der Waals surface area contributed by atoms with Gasteiger partial charge in [-0.1, -0.05) is 0 Å². The lowest BCUT2D eigenvalue weighted by Gasteiger charge is -2.14. The summed E-state index contributed by atoms with van der Waals surface area (Å²) in [5.41, 5.74) is 0.497. The first-order chi connectivity index (χ1) is 6.33. The maximum absolute atomic E-state index is 10.6. The molecule has 4 nitrogen and oxygen atoms in total. The van der Waals surface area contributed by atoms with E-state index in [0.29, 0.717) is 29.9 Å². The van der Waals surface area contributed by atoms with E-state index in [1.54, 1.807) is 18.4 Å². The Morgan fingerprint density at radius 3 is 2.92 bits per heavy atom. The van der Waals surface area contributed by atoms with E-state index in [9.17, 15) is 9.59 Å². The van der Waals surface area contributed by atoms with Gasteiger partial charge in [0.2, 0.25) is 6.41 Å². The molecule has 0 radical (unpaired) electrons. The van der Waals surface area contributed by atoms with E-state index < -0.39 is 0 Å². The van der Waals surface area contributed by atoms with E-state index in [0.717, 1.165) is 5.06 Å². The number of amides is 1. The van der Waals surface area contributed by atoms with Gasteiger partial charge in [-0.3, -0.25) is 14.4 Å². The van der Waals surface area contributed by atoms with Gasteiger partial charge in [-0.05, 0) is 18.4 Å². The standard InChI is InChI=1S/C8H9NO3S/c1-2-12-9(6-11)7-3-4-13-8(7)5-10/h3-6H,2H2,1H3. The molecule has 13 heavy (non-hydrogen) atoms. The molecule has 5 heteroatoms. The molecule has 1 rings (SSSR count). The molecule has 70 valence electrons. The third-order valence-corrected chi connectivity index (χ3v) is 2.21. The predicted molar refractivity (Wildman–Crippen MR) is 49.9 cm³/mol. The fourth-order valence-electron chi connectivity index (χ4n) is 0.880. The first kappa shape index (κ1) is 9.88. The second-order valence-corrected chi connectivity index (χ2v) is 3.08. The Labute approximate surface area is 79.7 Å². The highest BCUT2D eigenvalue weighted by Gasteiger charge is 2.11. The topological polar surface area (TPSA) is 46.6 Å². The van der Waals surface area contributed by atoms with Crippen LogP contribution in [-0.4, -0.2) is 19.3 Å². The molecule has 0 unspecified atom stereocenters. The quantitative estimate of drug-likeness (QED) is 0.533. The van der Waals surface area contributed by atoms with E-state index in [1.807, 2.05) is 0 Å². The second kappa shape index (κ2) is 4.74. The lowest BCUT2D eigenvalue weighted by molar-refractivity contribution is -0.113. The summed E-state index contributed by atoms with van der Waals surface area (Å²) in [5, 5.41) is 2.79. The minimum Gasteiger partial charge on any atom is -0.297 e. The summed E-state index contributed by atoms with van der Waals surface area (Å²) in [5.74, 6) is 0. The summed E-state index contributed by atoms with van der Waals surface area (Å²) in [6, 6.07) is 1.67. The van der Waals surface area contributed by atoms with Gasteiger partial charge in [0.25, 0.3) is 0 Å². The van der Waals surface area contributed by atoms with E-state index in [4.69, 9.17) is 4.84 Å². The van der Waals surface area contributed by atoms with Crippen LogP contribution in [0, 0.1) is 0 Å². The van der Waals surface area contributed by atoms with Crippen molar-refractivity contribution in [1.29, 1.82) is 0 Å². The molecule has 1 aromatic rings. The Bertz CT molecular complexity index is 297. The number of carbonyl (C=O) groups excluding carboxylic acids is 2. The van der Waals surface area contributed by atoms with E-state index in [1.165, 1.54) is 11.3 Å². The Morgan fingerprint density at radius 1 is 1.62 bits per heavy atom. The molecule has 0 aliphatic carbocycles. The Balaban J connectivity index is 2.89. The number of anilines is 1. The molecule has 0 spiro atoms. The van der Waals surface area contributed by atoms with Crippen LogP contribution < -0.4 is 5.06 Å². The van der Waals surface area contributed by atoms with Crippen LogP contribution in [0.2, 0.25) is 0 Å². The van der Waals surface area contributed by atoms with Crippen LogP contribution in [0.5, 0.6) is 0 Å². The lowest BCUT2D eigenvalue weighted by Crippen LogP contribution is -2.21. The Kier molecular flexibility index (Phi) is 3.60. The van der Waals surface area contributed by atoms with Crippen molar-refractivity contribution in [2.24, 2.45) is 0 Å². The maximum Gasteiger partial charge on any atom is 0.238 e. The number of aldehydes is 1. The van der Waals surface area contributed by atoms with Crippen molar-refractivity contribution in [3.05, 3.63) is 16.3 Å². The van der Waals surface area contributed by atoms with Crippen LogP contribution in [0.25, 0.3) is 0 Å². The van der Waals surface area contributed by atoms with Crippen LogP contribution in [0.3, 0.4) is 0 Å². The summed E-state index contributed by atoms with van der Waals surface area (Å²) in [7, 11) is 0. The zero-order chi connectivity index (χ0) is 9.68. The first-order valence-electron chi connectivity index (χ1n) is 3.73. The van der Waals surface area contributed by atoms with Gasteiger partial charge in [0.05, 0.1) is 17.2 Å². The Hall–Kier alpha value is -1.20. The molecule has 0 aliphatic heterocycles. The number of hydrogen-bond donors (Lipinski definition) is 0. The van der Waals surface area contributed by atoms with Crippen molar-refractivity contribution in [1.82, 2.24) is 0 Å². The molecule has 0 atom stereocenters. The largest absolute Gasteiger partial charge is 0.297 e. The highest BCUT2D eigenvalue weighted by molar-refractivity contribution is 7.12. The Morgan fingerprint density at radius 2 is 2.38 bits per heavy atom. The minimum atomic E-state index is 0.382. The molecular formula is C8H9NO3S. The fourth-order valence-corrected chi connectivity index (χ4v) is 1.56. The number of hydrogen-bond acceptors (Lipinski definition) is 4. The zero-order valence-electron chi connectivity index (χ0n) is 7.10. The number of hydroxylamine groups is 1. The molecule has 1 amide bonds. The lowest BCUT2D eigenvalue weighted by atomic mass is 10.4. The average molecular weight is 199 g/mol. The molecule has 0 aromatic carbocycles. The van der Waals surface area contributed by atoms with Gasteiger partial charge < -0.3 is 0 Å². The van der Waals surface area contributed by atoms with Crippen LogP contribution >= 0.6 is 11.3 Å². The number of rotatable bonds is 5. The highest BCUT2D eigenvalue weighted by atomic mass is 32.1. The minimum absolute atomic E-state index is 0.382. The predicted octanol–water partition coefficient (Wildman–Crippen LogP) is 1.47. The number of nitrogens with zero attached hydrogens (tertiary/aromatic N) is 1. The van der Waals surface area contributed by atoms with Gasteiger partial charge in [0, 0.05) is 0 Å². The third kappa shape index (κ3) is 2.13. The fraction of sp³-hybridized carbons (Fsp3) is 0.250. The first-order valence-corrected chi connectivity index (χ1v) is 4.61. The molecule has 0 saturated heterocycles. The third-order valence-electron chi connectivity index (χ3n) is 1.38. The average Bonchev–Trinajstić information content (AvgIpc) is 2.61. The molecule has 1 heterocycles. The van der Waals surface area contributed by atoms with Gasteiger partial charge in [0.15, 0.2) is 6.29 Å². The molecule has 0 aliphatic rings. The SMILES string of the molecule is CCON(C=O)c1ccsc1C=O. The second-order valence-electron chi connectivity index (χ2n) is 2.14. The van der Waals surface area contributed by atoms with Crippen molar-refractivity contribution < 1.29 is 14.4 Å². The molecule has 0 bridgehead atoms. The summed E-state index contributed by atoms with van der Waals surface area (Å²) in [6.07, 6.45) is 1.24. The maximum atomic E-state index is 10.6. The van der Waals surface area contributed by atoms with Crippen molar-refractivity contribution in [2.45, 2.75) is 6.92 Å². The monoisotopic (exact) mass is 199 g/mol. The molecule has 0 saturated carbocycles. The molecule has 0 N–H and O–H groups in total. The van der Waals surface area contributed by atoms with Crippen molar-refractivity contribution in [2.75, 3.05) is 11.7 Å². The molecule has 0 fully saturated rings. The normalized spacial score (nSPS) is 9.62. The van der Waals surface area contributed by atoms with Crippen molar-refractivity contribution >= 4 is 29.7 Å². The van der Waals surface area contributed by atoms with Crippen molar-refractivity contribution in [3.8, 4) is 0 Å². The van der Waals surface area contributed by atoms with Gasteiger partial charge in [-0.25, -0.2) is 0 Å². The summed E-state index contributed by atoms with van der Waals surface area (Å²) in [4.78, 5) is 26.6. The van der Waals surface area contributed by atoms with Gasteiger partial charge in [-0.2, -0.15) is 5.06 Å². The number of carbonyl (C=O) groups is 2. The van der Waals surface area contributed by atoms with E-state index in [-0.39, 0.29) is 0 Å². The van der Waals surface area contributed by atoms with Gasteiger partial charge >= 0.3 is 0 Å². The van der Waals surface area contributed by atoms with Crippen LogP contribution in [-0.2, 0) is 9.63 Å². The molecule has 1 aromatic heterocycles. The highest BCUT2D eigenvalue weighted by Crippen LogP contribution is 2.23. The van der Waals surface area contributed by atoms with Crippen LogP contribution in [0.15, 0.2) is 11.4 Å². The molecular weight excluding hydrogens is 190 g/mol.